The van der Waals surface area contributed by atoms with E-state index >= 15 is 0 Å². The maximum Gasteiger partial charge on any atom is 0.285 e. The molecule has 0 spiro atoms. The highest BCUT2D eigenvalue weighted by molar-refractivity contribution is 6.07. The SMILES string of the molecule is COc1ccc2c(-c3ccccc3)c(C(N)=O)oc2c1. The first-order valence-electron chi connectivity index (χ1n) is 6.16. The second kappa shape index (κ2) is 4.74. The largest absolute Gasteiger partial charge is 0.497 e. The number of benzene rings is 2. The fourth-order valence-corrected chi connectivity index (χ4v) is 2.27. The van der Waals surface area contributed by atoms with Gasteiger partial charge in [0.25, 0.3) is 5.91 Å². The lowest BCUT2D eigenvalue weighted by Crippen LogP contribution is -2.10. The summed E-state index contributed by atoms with van der Waals surface area (Å²) in [5, 5.41) is 0.839. The number of furan rings is 1. The molecule has 20 heavy (non-hydrogen) atoms. The lowest BCUT2D eigenvalue weighted by Gasteiger charge is -2.01. The molecule has 0 saturated carbocycles. The van der Waals surface area contributed by atoms with Gasteiger partial charge < -0.3 is 14.9 Å². The number of nitrogens with two attached hydrogens (primary N) is 1. The number of fused-ring (bicyclic) bond motifs is 1. The number of primary amides is 1. The highest BCUT2D eigenvalue weighted by Crippen LogP contribution is 2.36. The molecule has 3 rings (SSSR count). The molecule has 2 N–H and O–H groups in total. The summed E-state index contributed by atoms with van der Waals surface area (Å²) in [6.07, 6.45) is 0. The van der Waals surface area contributed by atoms with E-state index in [0.717, 1.165) is 16.5 Å². The third-order valence-electron chi connectivity index (χ3n) is 3.18. The molecule has 0 bridgehead atoms. The standard InChI is InChI=1S/C16H13NO3/c1-19-11-7-8-12-13(9-11)20-15(16(17)18)14(12)10-5-3-2-4-6-10/h2-9H,1H3,(H2,17,18). The van der Waals surface area contributed by atoms with Crippen LogP contribution in [0.3, 0.4) is 0 Å². The van der Waals surface area contributed by atoms with Crippen molar-refractivity contribution in [3.05, 3.63) is 54.3 Å². The molecule has 4 heteroatoms. The van der Waals surface area contributed by atoms with Crippen LogP contribution in [0.2, 0.25) is 0 Å². The summed E-state index contributed by atoms with van der Waals surface area (Å²) in [6.45, 7) is 0. The minimum atomic E-state index is -0.584. The van der Waals surface area contributed by atoms with Crippen LogP contribution >= 0.6 is 0 Å². The maximum absolute atomic E-state index is 11.6. The first-order chi connectivity index (χ1) is 9.70. The molecular weight excluding hydrogens is 254 g/mol. The van der Waals surface area contributed by atoms with E-state index in [1.165, 1.54) is 0 Å². The van der Waals surface area contributed by atoms with Crippen LogP contribution in [0.5, 0.6) is 5.75 Å². The zero-order valence-electron chi connectivity index (χ0n) is 10.9. The molecule has 0 fully saturated rings. The van der Waals surface area contributed by atoms with Gasteiger partial charge in [-0.15, -0.1) is 0 Å². The van der Waals surface area contributed by atoms with Crippen molar-refractivity contribution >= 4 is 16.9 Å². The van der Waals surface area contributed by atoms with Gasteiger partial charge in [0, 0.05) is 17.0 Å². The Kier molecular flexibility index (Phi) is 2.91. The molecule has 0 aliphatic rings. The topological polar surface area (TPSA) is 65.5 Å². The molecule has 100 valence electrons. The monoisotopic (exact) mass is 267 g/mol. The van der Waals surface area contributed by atoms with E-state index in [4.69, 9.17) is 14.9 Å². The van der Waals surface area contributed by atoms with Crippen LogP contribution in [0.15, 0.2) is 52.9 Å². The summed E-state index contributed by atoms with van der Waals surface area (Å²) >= 11 is 0. The number of rotatable bonds is 3. The van der Waals surface area contributed by atoms with Crippen LogP contribution in [0.1, 0.15) is 10.6 Å². The van der Waals surface area contributed by atoms with Crippen molar-refractivity contribution in [1.29, 1.82) is 0 Å². The zero-order chi connectivity index (χ0) is 14.1. The molecule has 0 aliphatic carbocycles. The van der Waals surface area contributed by atoms with E-state index in [-0.39, 0.29) is 5.76 Å². The molecule has 1 heterocycles. The number of hydrogen-bond donors (Lipinski definition) is 1. The molecule has 2 aromatic carbocycles. The van der Waals surface area contributed by atoms with E-state index in [2.05, 4.69) is 0 Å². The minimum Gasteiger partial charge on any atom is -0.497 e. The first kappa shape index (κ1) is 12.3. The van der Waals surface area contributed by atoms with Gasteiger partial charge in [-0.05, 0) is 17.7 Å². The molecule has 1 aromatic heterocycles. The van der Waals surface area contributed by atoms with E-state index < -0.39 is 5.91 Å². The first-order valence-corrected chi connectivity index (χ1v) is 6.16. The Balaban J connectivity index is 2.33. The van der Waals surface area contributed by atoms with Gasteiger partial charge in [0.15, 0.2) is 5.76 Å². The van der Waals surface area contributed by atoms with Crippen LogP contribution in [-0.2, 0) is 0 Å². The van der Waals surface area contributed by atoms with Crippen molar-refractivity contribution in [2.75, 3.05) is 7.11 Å². The molecule has 0 radical (unpaired) electrons. The van der Waals surface area contributed by atoms with Crippen molar-refractivity contribution in [2.45, 2.75) is 0 Å². The highest BCUT2D eigenvalue weighted by atomic mass is 16.5. The predicted octanol–water partition coefficient (Wildman–Crippen LogP) is 3.21. The van der Waals surface area contributed by atoms with Crippen molar-refractivity contribution in [3.8, 4) is 16.9 Å². The van der Waals surface area contributed by atoms with Gasteiger partial charge in [-0.1, -0.05) is 30.3 Å². The number of hydrogen-bond acceptors (Lipinski definition) is 3. The normalized spacial score (nSPS) is 10.7. The summed E-state index contributed by atoms with van der Waals surface area (Å²) < 4.78 is 10.8. The average Bonchev–Trinajstić information content (AvgIpc) is 2.86. The summed E-state index contributed by atoms with van der Waals surface area (Å²) in [7, 11) is 1.58. The van der Waals surface area contributed by atoms with Crippen LogP contribution < -0.4 is 10.5 Å². The van der Waals surface area contributed by atoms with Crippen molar-refractivity contribution in [3.63, 3.8) is 0 Å². The van der Waals surface area contributed by atoms with Gasteiger partial charge >= 0.3 is 0 Å². The van der Waals surface area contributed by atoms with Gasteiger partial charge in [-0.25, -0.2) is 0 Å². The molecule has 1 amide bonds. The fraction of sp³-hybridized carbons (Fsp3) is 0.0625. The summed E-state index contributed by atoms with van der Waals surface area (Å²) in [5.74, 6) is 0.250. The van der Waals surface area contributed by atoms with Crippen LogP contribution in [0, 0.1) is 0 Å². The maximum atomic E-state index is 11.6. The number of ether oxygens (including phenoxy) is 1. The van der Waals surface area contributed by atoms with Gasteiger partial charge in [-0.3, -0.25) is 4.79 Å². The highest BCUT2D eigenvalue weighted by Gasteiger charge is 2.20. The van der Waals surface area contributed by atoms with Crippen LogP contribution in [0.25, 0.3) is 22.1 Å². The Hall–Kier alpha value is -2.75. The summed E-state index contributed by atoms with van der Waals surface area (Å²) in [5.41, 5.74) is 7.61. The van der Waals surface area contributed by atoms with Crippen LogP contribution in [0.4, 0.5) is 0 Å². The Morgan fingerprint density at radius 3 is 2.55 bits per heavy atom. The van der Waals surface area contributed by atoms with E-state index in [1.54, 1.807) is 13.2 Å². The molecule has 0 atom stereocenters. The molecule has 0 saturated heterocycles. The average molecular weight is 267 g/mol. The number of methoxy groups -OCH3 is 1. The van der Waals surface area contributed by atoms with E-state index in [1.807, 2.05) is 42.5 Å². The Morgan fingerprint density at radius 1 is 1.15 bits per heavy atom. The van der Waals surface area contributed by atoms with E-state index in [9.17, 15) is 4.79 Å². The zero-order valence-corrected chi connectivity index (χ0v) is 10.9. The lowest BCUT2D eigenvalue weighted by molar-refractivity contribution is 0.0977. The lowest BCUT2D eigenvalue weighted by atomic mass is 10.0. The molecule has 0 unspecified atom stereocenters. The second-order valence-electron chi connectivity index (χ2n) is 4.40. The number of amides is 1. The number of carbonyl (C=O) groups is 1. The second-order valence-corrected chi connectivity index (χ2v) is 4.40. The van der Waals surface area contributed by atoms with E-state index in [0.29, 0.717) is 11.3 Å². The number of carbonyl (C=O) groups excluding carboxylic acids is 1. The smallest absolute Gasteiger partial charge is 0.285 e. The third kappa shape index (κ3) is 1.91. The Bertz CT molecular complexity index is 775. The van der Waals surface area contributed by atoms with Crippen molar-refractivity contribution in [2.24, 2.45) is 5.73 Å². The van der Waals surface area contributed by atoms with Gasteiger partial charge in [0.05, 0.1) is 7.11 Å². The molecule has 4 nitrogen and oxygen atoms in total. The summed E-state index contributed by atoms with van der Waals surface area (Å²) in [6, 6.07) is 15.0. The molecular formula is C16H13NO3. The summed E-state index contributed by atoms with van der Waals surface area (Å²) in [4.78, 5) is 11.6. The Morgan fingerprint density at radius 2 is 1.90 bits per heavy atom. The predicted molar refractivity (Wildman–Crippen MR) is 76.7 cm³/mol. The molecule has 3 aromatic rings. The molecule has 0 aliphatic heterocycles. The van der Waals surface area contributed by atoms with Crippen LogP contribution in [-0.4, -0.2) is 13.0 Å². The quantitative estimate of drug-likeness (QED) is 0.792. The van der Waals surface area contributed by atoms with Crippen molar-refractivity contribution < 1.29 is 13.9 Å². The van der Waals surface area contributed by atoms with Gasteiger partial charge in [-0.2, -0.15) is 0 Å². The van der Waals surface area contributed by atoms with Gasteiger partial charge in [0.2, 0.25) is 0 Å². The minimum absolute atomic E-state index is 0.166. The Labute approximate surface area is 115 Å². The third-order valence-corrected chi connectivity index (χ3v) is 3.18. The van der Waals surface area contributed by atoms with Gasteiger partial charge in [0.1, 0.15) is 11.3 Å². The fourth-order valence-electron chi connectivity index (χ4n) is 2.27. The van der Waals surface area contributed by atoms with Crippen molar-refractivity contribution in [1.82, 2.24) is 0 Å².